The molecular formula is C12H10N2O4S. The Kier molecular flexibility index (Phi) is 3.59. The molecule has 0 aliphatic heterocycles. The molecule has 2 aromatic carbocycles. The smallest absolute Gasteiger partial charge is 0.335 e. The van der Waals surface area contributed by atoms with Gasteiger partial charge < -0.3 is 5.73 Å². The molecule has 19 heavy (non-hydrogen) atoms. The molecule has 7 heteroatoms. The fraction of sp³-hybridized carbons (Fsp3) is 0. The first-order valence-corrected chi connectivity index (χ1v) is 6.31. The SMILES string of the molecule is NC(=O)N(C(=O)c1cccc2ccccc12)S(=O)O. The van der Waals surface area contributed by atoms with E-state index < -0.39 is 23.2 Å². The summed E-state index contributed by atoms with van der Waals surface area (Å²) in [5.41, 5.74) is 5.07. The lowest BCUT2D eigenvalue weighted by molar-refractivity contribution is 0.0890. The van der Waals surface area contributed by atoms with Crippen LogP contribution in [0.25, 0.3) is 10.8 Å². The van der Waals surface area contributed by atoms with Crippen LogP contribution in [0.1, 0.15) is 10.4 Å². The van der Waals surface area contributed by atoms with Gasteiger partial charge in [-0.15, -0.1) is 0 Å². The average Bonchev–Trinajstić information content (AvgIpc) is 2.37. The number of hydrogen-bond donors (Lipinski definition) is 2. The van der Waals surface area contributed by atoms with E-state index in [9.17, 15) is 13.8 Å². The predicted molar refractivity (Wildman–Crippen MR) is 70.5 cm³/mol. The molecule has 0 spiro atoms. The molecule has 98 valence electrons. The van der Waals surface area contributed by atoms with Gasteiger partial charge in [-0.3, -0.25) is 9.35 Å². The van der Waals surface area contributed by atoms with Crippen molar-refractivity contribution in [1.82, 2.24) is 4.31 Å². The summed E-state index contributed by atoms with van der Waals surface area (Å²) in [5, 5.41) is 1.35. The van der Waals surface area contributed by atoms with Crippen molar-refractivity contribution in [2.75, 3.05) is 0 Å². The quantitative estimate of drug-likeness (QED) is 0.813. The van der Waals surface area contributed by atoms with Crippen LogP contribution in [0.4, 0.5) is 4.79 Å². The zero-order valence-electron chi connectivity index (χ0n) is 9.65. The fourth-order valence-electron chi connectivity index (χ4n) is 1.77. The summed E-state index contributed by atoms with van der Waals surface area (Å²) in [6.45, 7) is 0. The van der Waals surface area contributed by atoms with Crippen LogP contribution in [-0.4, -0.2) is 25.0 Å². The average molecular weight is 278 g/mol. The molecule has 0 saturated carbocycles. The van der Waals surface area contributed by atoms with E-state index in [0.717, 1.165) is 5.39 Å². The van der Waals surface area contributed by atoms with Gasteiger partial charge in [0.15, 0.2) is 0 Å². The van der Waals surface area contributed by atoms with E-state index in [2.05, 4.69) is 0 Å². The van der Waals surface area contributed by atoms with Crippen molar-refractivity contribution < 1.29 is 18.4 Å². The van der Waals surface area contributed by atoms with Crippen LogP contribution in [-0.2, 0) is 11.3 Å². The van der Waals surface area contributed by atoms with Crippen LogP contribution in [0.2, 0.25) is 0 Å². The number of hydrogen-bond acceptors (Lipinski definition) is 3. The molecule has 2 rings (SSSR count). The van der Waals surface area contributed by atoms with Gasteiger partial charge in [0.05, 0.1) is 0 Å². The Morgan fingerprint density at radius 3 is 2.37 bits per heavy atom. The summed E-state index contributed by atoms with van der Waals surface area (Å²) < 4.78 is 20.1. The van der Waals surface area contributed by atoms with Crippen molar-refractivity contribution in [2.24, 2.45) is 5.73 Å². The molecule has 1 atom stereocenters. The minimum Gasteiger partial charge on any atom is -0.350 e. The largest absolute Gasteiger partial charge is 0.350 e. The Balaban J connectivity index is 2.58. The minimum absolute atomic E-state index is 0.0990. The van der Waals surface area contributed by atoms with Gasteiger partial charge in [-0.25, -0.2) is 9.00 Å². The van der Waals surface area contributed by atoms with Crippen molar-refractivity contribution >= 4 is 34.0 Å². The Bertz CT molecular complexity index is 667. The highest BCUT2D eigenvalue weighted by molar-refractivity contribution is 7.78. The maximum absolute atomic E-state index is 12.1. The minimum atomic E-state index is -2.80. The summed E-state index contributed by atoms with van der Waals surface area (Å²) in [4.78, 5) is 23.2. The highest BCUT2D eigenvalue weighted by atomic mass is 32.2. The maximum Gasteiger partial charge on any atom is 0.335 e. The van der Waals surface area contributed by atoms with E-state index in [1.165, 1.54) is 6.07 Å². The van der Waals surface area contributed by atoms with Crippen molar-refractivity contribution in [3.05, 3.63) is 48.0 Å². The summed E-state index contributed by atoms with van der Waals surface area (Å²) in [5.74, 6) is -0.912. The van der Waals surface area contributed by atoms with E-state index >= 15 is 0 Å². The number of rotatable bonds is 2. The summed E-state index contributed by atoms with van der Waals surface area (Å²) in [6.07, 6.45) is 0. The number of imide groups is 1. The lowest BCUT2D eigenvalue weighted by atomic mass is 10.0. The molecule has 0 heterocycles. The van der Waals surface area contributed by atoms with E-state index in [-0.39, 0.29) is 9.87 Å². The zero-order chi connectivity index (χ0) is 14.0. The Morgan fingerprint density at radius 2 is 1.74 bits per heavy atom. The number of carbonyl (C=O) groups excluding carboxylic acids is 2. The van der Waals surface area contributed by atoms with E-state index in [1.807, 2.05) is 0 Å². The third-order valence-corrected chi connectivity index (χ3v) is 3.22. The van der Waals surface area contributed by atoms with Gasteiger partial charge >= 0.3 is 6.03 Å². The van der Waals surface area contributed by atoms with Gasteiger partial charge in [0.2, 0.25) is 0 Å². The fourth-order valence-corrected chi connectivity index (χ4v) is 2.16. The third-order valence-electron chi connectivity index (χ3n) is 2.56. The number of benzene rings is 2. The standard InChI is InChI=1S/C12H10N2O4S/c13-12(16)14(19(17)18)11(15)10-7-3-5-8-4-1-2-6-9(8)10/h1-7H,(H2,13,16)(H,17,18). The van der Waals surface area contributed by atoms with Gasteiger partial charge in [-0.05, 0) is 16.8 Å². The lowest BCUT2D eigenvalue weighted by Gasteiger charge is -2.14. The second kappa shape index (κ2) is 5.17. The molecule has 0 bridgehead atoms. The molecular weight excluding hydrogens is 268 g/mol. The monoisotopic (exact) mass is 278 g/mol. The van der Waals surface area contributed by atoms with Crippen LogP contribution in [0.15, 0.2) is 42.5 Å². The number of nitrogens with zero attached hydrogens (tertiary/aromatic N) is 1. The Hall–Kier alpha value is -2.25. The highest BCUT2D eigenvalue weighted by Gasteiger charge is 2.27. The topological polar surface area (TPSA) is 101 Å². The molecule has 1 unspecified atom stereocenters. The maximum atomic E-state index is 12.1. The highest BCUT2D eigenvalue weighted by Crippen LogP contribution is 2.20. The van der Waals surface area contributed by atoms with Gasteiger partial charge in [0.1, 0.15) is 0 Å². The van der Waals surface area contributed by atoms with Gasteiger partial charge in [0, 0.05) is 5.56 Å². The Morgan fingerprint density at radius 1 is 1.11 bits per heavy atom. The molecule has 6 nitrogen and oxygen atoms in total. The second-order valence-electron chi connectivity index (χ2n) is 3.70. The molecule has 0 radical (unpaired) electrons. The van der Waals surface area contributed by atoms with Gasteiger partial charge in [-0.2, -0.15) is 4.31 Å². The van der Waals surface area contributed by atoms with Crippen LogP contribution >= 0.6 is 0 Å². The van der Waals surface area contributed by atoms with E-state index in [0.29, 0.717) is 5.39 Å². The first kappa shape index (κ1) is 13.2. The second-order valence-corrected chi connectivity index (χ2v) is 4.52. The zero-order valence-corrected chi connectivity index (χ0v) is 10.5. The van der Waals surface area contributed by atoms with Gasteiger partial charge in [-0.1, -0.05) is 36.4 Å². The first-order valence-electron chi connectivity index (χ1n) is 5.25. The summed E-state index contributed by atoms with van der Waals surface area (Å²) in [7, 11) is 0. The van der Waals surface area contributed by atoms with Crippen molar-refractivity contribution in [3.63, 3.8) is 0 Å². The van der Waals surface area contributed by atoms with Crippen LogP contribution in [0, 0.1) is 0 Å². The number of nitrogens with two attached hydrogens (primary N) is 1. The molecule has 2 aromatic rings. The van der Waals surface area contributed by atoms with Crippen molar-refractivity contribution in [2.45, 2.75) is 0 Å². The molecule has 0 fully saturated rings. The van der Waals surface area contributed by atoms with Crippen molar-refractivity contribution in [1.29, 1.82) is 0 Å². The summed E-state index contributed by atoms with van der Waals surface area (Å²) in [6, 6.07) is 10.6. The van der Waals surface area contributed by atoms with Crippen LogP contribution in [0.5, 0.6) is 0 Å². The molecule has 3 N–H and O–H groups in total. The lowest BCUT2D eigenvalue weighted by Crippen LogP contribution is -2.41. The third kappa shape index (κ3) is 2.47. The first-order chi connectivity index (χ1) is 9.02. The number of fused-ring (bicyclic) bond motifs is 1. The molecule has 0 aliphatic carbocycles. The number of primary amides is 1. The van der Waals surface area contributed by atoms with Crippen LogP contribution < -0.4 is 5.73 Å². The molecule has 0 aromatic heterocycles. The van der Waals surface area contributed by atoms with E-state index in [4.69, 9.17) is 10.3 Å². The predicted octanol–water partition coefficient (Wildman–Crippen LogP) is 1.50. The normalized spacial score (nSPS) is 12.1. The van der Waals surface area contributed by atoms with E-state index in [1.54, 1.807) is 36.4 Å². The number of carbonyl (C=O) groups is 2. The van der Waals surface area contributed by atoms with Gasteiger partial charge in [0.25, 0.3) is 17.2 Å². The number of amides is 3. The summed E-state index contributed by atoms with van der Waals surface area (Å²) >= 11 is -2.80. The molecule has 3 amide bonds. The Labute approximate surface area is 111 Å². The van der Waals surface area contributed by atoms with Crippen LogP contribution in [0.3, 0.4) is 0 Å². The number of urea groups is 1. The molecule has 0 saturated heterocycles. The van der Waals surface area contributed by atoms with Crippen molar-refractivity contribution in [3.8, 4) is 0 Å². The molecule has 0 aliphatic rings.